The molecule has 2 heterocycles. The Hall–Kier alpha value is -1.53. The van der Waals surface area contributed by atoms with Crippen molar-refractivity contribution in [2.45, 2.75) is 44.9 Å². The highest BCUT2D eigenvalue weighted by atomic mass is 16.5. The highest BCUT2D eigenvalue weighted by Gasteiger charge is 2.37. The lowest BCUT2D eigenvalue weighted by Gasteiger charge is -2.42. The summed E-state index contributed by atoms with van der Waals surface area (Å²) in [6, 6.07) is 0. The second-order valence-corrected chi connectivity index (χ2v) is 7.23. The lowest BCUT2D eigenvalue weighted by atomic mass is 9.78. The van der Waals surface area contributed by atoms with Crippen molar-refractivity contribution in [2.75, 3.05) is 33.4 Å². The smallest absolute Gasteiger partial charge is 0.257 e. The van der Waals surface area contributed by atoms with E-state index in [0.29, 0.717) is 24.6 Å². The van der Waals surface area contributed by atoms with Crippen LogP contribution in [0.3, 0.4) is 0 Å². The van der Waals surface area contributed by atoms with E-state index >= 15 is 0 Å². The van der Waals surface area contributed by atoms with Crippen molar-refractivity contribution in [3.63, 3.8) is 0 Å². The fraction of sp³-hybridized carbons (Fsp3) is 0.722. The van der Waals surface area contributed by atoms with Crippen LogP contribution in [0.25, 0.3) is 0 Å². The third-order valence-electron chi connectivity index (χ3n) is 5.29. The summed E-state index contributed by atoms with van der Waals surface area (Å²) in [5, 5.41) is 9.88. The van der Waals surface area contributed by atoms with Gasteiger partial charge in [-0.15, -0.1) is 0 Å². The molecule has 1 saturated heterocycles. The average Bonchev–Trinajstić information content (AvgIpc) is 3.44. The zero-order valence-corrected chi connectivity index (χ0v) is 14.6. The molecule has 0 bridgehead atoms. The largest absolute Gasteiger partial charge is 0.396 e. The summed E-state index contributed by atoms with van der Waals surface area (Å²) in [5.41, 5.74) is 1.08. The molecule has 0 aromatic carbocycles. The van der Waals surface area contributed by atoms with Gasteiger partial charge in [0.25, 0.3) is 5.91 Å². The molecule has 1 saturated carbocycles. The number of ether oxygens (including phenoxy) is 1. The minimum absolute atomic E-state index is 0.0233. The summed E-state index contributed by atoms with van der Waals surface area (Å²) in [7, 11) is 1.67. The van der Waals surface area contributed by atoms with Gasteiger partial charge in [-0.25, -0.2) is 9.97 Å². The Balaban J connectivity index is 1.74. The van der Waals surface area contributed by atoms with Gasteiger partial charge in [-0.2, -0.15) is 0 Å². The molecular weight excluding hydrogens is 306 g/mol. The Labute approximate surface area is 143 Å². The van der Waals surface area contributed by atoms with E-state index in [2.05, 4.69) is 9.97 Å². The SMILES string of the molecule is COCC[C@]1(CO)CCCN(C(=O)c2cnc(C3CC3)nc2C)C1. The third kappa shape index (κ3) is 3.59. The maximum absolute atomic E-state index is 12.9. The average molecular weight is 333 g/mol. The number of hydrogen-bond donors (Lipinski definition) is 1. The number of aromatic nitrogens is 2. The van der Waals surface area contributed by atoms with Gasteiger partial charge in [0.15, 0.2) is 0 Å². The lowest BCUT2D eigenvalue weighted by molar-refractivity contribution is 0.00891. The predicted octanol–water partition coefficient (Wildman–Crippen LogP) is 1.91. The van der Waals surface area contributed by atoms with E-state index in [0.717, 1.165) is 50.2 Å². The zero-order valence-electron chi connectivity index (χ0n) is 14.6. The molecule has 1 N–H and O–H groups in total. The predicted molar refractivity (Wildman–Crippen MR) is 89.9 cm³/mol. The number of rotatable bonds is 6. The van der Waals surface area contributed by atoms with Gasteiger partial charge in [0.05, 0.1) is 17.9 Å². The number of likely N-dealkylation sites (tertiary alicyclic amines) is 1. The zero-order chi connectivity index (χ0) is 17.2. The van der Waals surface area contributed by atoms with Crippen LogP contribution in [-0.4, -0.2) is 59.3 Å². The van der Waals surface area contributed by atoms with Crippen LogP contribution < -0.4 is 0 Å². The molecule has 6 heteroatoms. The number of nitrogens with zero attached hydrogens (tertiary/aromatic N) is 3. The molecule has 0 radical (unpaired) electrons. The minimum Gasteiger partial charge on any atom is -0.396 e. The highest BCUT2D eigenvalue weighted by Crippen LogP contribution is 2.38. The first-order valence-corrected chi connectivity index (χ1v) is 8.81. The molecule has 1 aliphatic heterocycles. The summed E-state index contributed by atoms with van der Waals surface area (Å²) in [6.45, 7) is 3.85. The van der Waals surface area contributed by atoms with Crippen molar-refractivity contribution in [1.29, 1.82) is 0 Å². The van der Waals surface area contributed by atoms with Crippen LogP contribution in [0, 0.1) is 12.3 Å². The molecule has 1 aromatic rings. The topological polar surface area (TPSA) is 75.6 Å². The summed E-state index contributed by atoms with van der Waals surface area (Å²) < 4.78 is 5.18. The minimum atomic E-state index is -0.257. The molecule has 2 aliphatic rings. The number of methoxy groups -OCH3 is 1. The van der Waals surface area contributed by atoms with Crippen LogP contribution in [0.4, 0.5) is 0 Å². The van der Waals surface area contributed by atoms with Crippen molar-refractivity contribution >= 4 is 5.91 Å². The number of amides is 1. The van der Waals surface area contributed by atoms with E-state index in [1.54, 1.807) is 13.3 Å². The van der Waals surface area contributed by atoms with Crippen LogP contribution in [0.15, 0.2) is 6.20 Å². The Morgan fingerprint density at radius 3 is 2.92 bits per heavy atom. The first-order valence-electron chi connectivity index (χ1n) is 8.81. The second-order valence-electron chi connectivity index (χ2n) is 7.23. The quantitative estimate of drug-likeness (QED) is 0.861. The number of carbonyl (C=O) groups is 1. The molecule has 0 spiro atoms. The Kier molecular flexibility index (Phi) is 5.15. The molecule has 6 nitrogen and oxygen atoms in total. The number of aryl methyl sites for hydroxylation is 1. The number of hydrogen-bond acceptors (Lipinski definition) is 5. The fourth-order valence-corrected chi connectivity index (χ4v) is 3.52. The van der Waals surface area contributed by atoms with Crippen molar-refractivity contribution in [2.24, 2.45) is 5.41 Å². The van der Waals surface area contributed by atoms with E-state index < -0.39 is 0 Å². The van der Waals surface area contributed by atoms with Crippen molar-refractivity contribution in [1.82, 2.24) is 14.9 Å². The molecule has 3 rings (SSSR count). The highest BCUT2D eigenvalue weighted by molar-refractivity contribution is 5.95. The van der Waals surface area contributed by atoms with Crippen LogP contribution in [0.5, 0.6) is 0 Å². The Morgan fingerprint density at radius 1 is 1.50 bits per heavy atom. The molecule has 1 atom stereocenters. The number of aliphatic hydroxyl groups excluding tert-OH is 1. The van der Waals surface area contributed by atoms with Crippen LogP contribution in [0.1, 0.15) is 59.9 Å². The van der Waals surface area contributed by atoms with E-state index in [4.69, 9.17) is 4.74 Å². The number of piperidine rings is 1. The van der Waals surface area contributed by atoms with Crippen LogP contribution >= 0.6 is 0 Å². The van der Waals surface area contributed by atoms with E-state index in [-0.39, 0.29) is 17.9 Å². The van der Waals surface area contributed by atoms with E-state index in [9.17, 15) is 9.90 Å². The van der Waals surface area contributed by atoms with Crippen molar-refractivity contribution < 1.29 is 14.6 Å². The summed E-state index contributed by atoms with van der Waals surface area (Å²) >= 11 is 0. The second kappa shape index (κ2) is 7.15. The maximum Gasteiger partial charge on any atom is 0.257 e. The molecular formula is C18H27N3O3. The van der Waals surface area contributed by atoms with Gasteiger partial charge >= 0.3 is 0 Å². The maximum atomic E-state index is 12.9. The van der Waals surface area contributed by atoms with Gasteiger partial charge in [-0.05, 0) is 39.0 Å². The molecule has 1 amide bonds. The summed E-state index contributed by atoms with van der Waals surface area (Å²) in [6.07, 6.45) is 6.57. The van der Waals surface area contributed by atoms with Gasteiger partial charge in [0.2, 0.25) is 0 Å². The standard InChI is InChI=1S/C18H27N3O3/c1-13-15(10-19-16(20-13)14-4-5-14)17(23)21-8-3-6-18(11-21,12-22)7-9-24-2/h10,14,22H,3-9,11-12H2,1-2H3/t18-/m1/s1. The van der Waals surface area contributed by atoms with Gasteiger partial charge in [0.1, 0.15) is 5.82 Å². The monoisotopic (exact) mass is 333 g/mol. The lowest BCUT2D eigenvalue weighted by Crippen LogP contribution is -2.48. The van der Waals surface area contributed by atoms with Gasteiger partial charge in [-0.3, -0.25) is 4.79 Å². The number of carbonyl (C=O) groups excluding carboxylic acids is 1. The normalized spacial score (nSPS) is 24.2. The van der Waals surface area contributed by atoms with Crippen LogP contribution in [-0.2, 0) is 4.74 Å². The molecule has 132 valence electrons. The Morgan fingerprint density at radius 2 is 2.29 bits per heavy atom. The molecule has 1 aliphatic carbocycles. The van der Waals surface area contributed by atoms with Crippen molar-refractivity contribution in [3.8, 4) is 0 Å². The third-order valence-corrected chi connectivity index (χ3v) is 5.29. The molecule has 0 unspecified atom stereocenters. The van der Waals surface area contributed by atoms with E-state index in [1.165, 1.54) is 0 Å². The molecule has 2 fully saturated rings. The van der Waals surface area contributed by atoms with Gasteiger partial charge < -0.3 is 14.7 Å². The van der Waals surface area contributed by atoms with Gasteiger partial charge in [0, 0.05) is 44.3 Å². The van der Waals surface area contributed by atoms with Gasteiger partial charge in [-0.1, -0.05) is 0 Å². The first-order chi connectivity index (χ1) is 11.6. The fourth-order valence-electron chi connectivity index (χ4n) is 3.52. The molecule has 1 aromatic heterocycles. The summed E-state index contributed by atoms with van der Waals surface area (Å²) in [4.78, 5) is 23.7. The van der Waals surface area contributed by atoms with Crippen LogP contribution in [0.2, 0.25) is 0 Å². The molecule has 24 heavy (non-hydrogen) atoms. The first kappa shape index (κ1) is 17.3. The number of aliphatic hydroxyl groups is 1. The summed E-state index contributed by atoms with van der Waals surface area (Å²) in [5.74, 6) is 1.33. The van der Waals surface area contributed by atoms with E-state index in [1.807, 2.05) is 11.8 Å². The van der Waals surface area contributed by atoms with Crippen molar-refractivity contribution in [3.05, 3.63) is 23.3 Å². The Bertz CT molecular complexity index is 603.